The summed E-state index contributed by atoms with van der Waals surface area (Å²) in [5.41, 5.74) is 3.00. The number of nitrogens with zero attached hydrogens (tertiary/aromatic N) is 2. The molecule has 0 spiro atoms. The molecule has 3 fully saturated rings. The van der Waals surface area contributed by atoms with E-state index in [0.717, 1.165) is 47.6 Å². The molecule has 3 aromatic rings. The molecule has 0 amide bonds. The SMILES string of the molecule is CC[C@H]1CN2CC[C@@H]1C[C@H]2[C@H](O)c1cc(-c2cccc(F)c2)nc2ccc(OC)cc12.Cl. The van der Waals surface area contributed by atoms with Gasteiger partial charge < -0.3 is 9.84 Å². The fourth-order valence-electron chi connectivity index (χ4n) is 5.58. The van der Waals surface area contributed by atoms with E-state index in [2.05, 4.69) is 11.8 Å². The van der Waals surface area contributed by atoms with Crippen LogP contribution in [-0.2, 0) is 0 Å². The molecule has 0 saturated carbocycles. The Morgan fingerprint density at radius 2 is 2.06 bits per heavy atom. The smallest absolute Gasteiger partial charge is 0.123 e. The molecule has 3 saturated heterocycles. The van der Waals surface area contributed by atoms with Gasteiger partial charge in [-0.15, -0.1) is 12.4 Å². The number of piperidine rings is 3. The lowest BCUT2D eigenvalue weighted by Gasteiger charge is -2.51. The average Bonchev–Trinajstić information content (AvgIpc) is 2.82. The molecular formula is C26H30ClFN2O2. The second kappa shape index (κ2) is 9.34. The predicted octanol–water partition coefficient (Wildman–Crippen LogP) is 5.63. The van der Waals surface area contributed by atoms with Crippen molar-refractivity contribution in [3.05, 3.63) is 59.9 Å². The number of benzene rings is 2. The maximum absolute atomic E-state index is 13.9. The topological polar surface area (TPSA) is 45.6 Å². The van der Waals surface area contributed by atoms with Crippen molar-refractivity contribution in [1.82, 2.24) is 9.88 Å². The van der Waals surface area contributed by atoms with Crippen LogP contribution in [0.3, 0.4) is 0 Å². The molecule has 2 aromatic carbocycles. The normalized spacial score (nSPS) is 25.4. The number of aliphatic hydroxyl groups excluding tert-OH is 1. The molecule has 3 aliphatic heterocycles. The van der Waals surface area contributed by atoms with Crippen LogP contribution in [-0.4, -0.2) is 41.2 Å². The highest BCUT2D eigenvalue weighted by molar-refractivity contribution is 5.87. The Kier molecular flexibility index (Phi) is 6.70. The summed E-state index contributed by atoms with van der Waals surface area (Å²) < 4.78 is 19.3. The van der Waals surface area contributed by atoms with Crippen LogP contribution in [0.4, 0.5) is 4.39 Å². The number of aromatic nitrogens is 1. The Morgan fingerprint density at radius 3 is 2.75 bits per heavy atom. The van der Waals surface area contributed by atoms with E-state index in [-0.39, 0.29) is 24.3 Å². The summed E-state index contributed by atoms with van der Waals surface area (Å²) in [5, 5.41) is 12.5. The summed E-state index contributed by atoms with van der Waals surface area (Å²) in [4.78, 5) is 7.24. The zero-order valence-electron chi connectivity index (χ0n) is 18.5. The zero-order chi connectivity index (χ0) is 21.5. The summed E-state index contributed by atoms with van der Waals surface area (Å²) >= 11 is 0. The number of hydrogen-bond donors (Lipinski definition) is 1. The maximum atomic E-state index is 13.9. The van der Waals surface area contributed by atoms with Crippen molar-refractivity contribution >= 4 is 23.3 Å². The molecule has 6 rings (SSSR count). The largest absolute Gasteiger partial charge is 0.497 e. The minimum atomic E-state index is -0.634. The van der Waals surface area contributed by atoms with Gasteiger partial charge in [-0.3, -0.25) is 4.90 Å². The summed E-state index contributed by atoms with van der Waals surface area (Å²) in [7, 11) is 1.64. The number of fused-ring (bicyclic) bond motifs is 4. The van der Waals surface area contributed by atoms with Crippen molar-refractivity contribution in [3.63, 3.8) is 0 Å². The van der Waals surface area contributed by atoms with E-state index in [9.17, 15) is 9.50 Å². The summed E-state index contributed by atoms with van der Waals surface area (Å²) in [5.74, 6) is 1.85. The predicted molar refractivity (Wildman–Crippen MR) is 128 cm³/mol. The molecule has 2 bridgehead atoms. The number of halogens is 2. The first-order chi connectivity index (χ1) is 15.1. The van der Waals surface area contributed by atoms with Gasteiger partial charge in [0.25, 0.3) is 0 Å². The van der Waals surface area contributed by atoms with E-state index in [1.807, 2.05) is 30.3 Å². The van der Waals surface area contributed by atoms with Gasteiger partial charge in [0, 0.05) is 23.5 Å². The molecular weight excluding hydrogens is 427 g/mol. The minimum Gasteiger partial charge on any atom is -0.497 e. The lowest BCUT2D eigenvalue weighted by molar-refractivity contribution is -0.0562. The fourth-order valence-corrected chi connectivity index (χ4v) is 5.58. The van der Waals surface area contributed by atoms with E-state index >= 15 is 0 Å². The van der Waals surface area contributed by atoms with Gasteiger partial charge in [0.1, 0.15) is 11.6 Å². The third-order valence-corrected chi connectivity index (χ3v) is 7.31. The lowest BCUT2D eigenvalue weighted by Crippen LogP contribution is -2.55. The lowest BCUT2D eigenvalue weighted by atomic mass is 9.72. The van der Waals surface area contributed by atoms with Gasteiger partial charge in [0.05, 0.1) is 24.4 Å². The van der Waals surface area contributed by atoms with Gasteiger partial charge in [0.15, 0.2) is 0 Å². The van der Waals surface area contributed by atoms with Crippen LogP contribution in [0.1, 0.15) is 37.9 Å². The first kappa shape index (κ1) is 23.0. The Balaban J connectivity index is 0.00000245. The fraction of sp³-hybridized carbons (Fsp3) is 0.423. The van der Waals surface area contributed by atoms with E-state index < -0.39 is 6.10 Å². The summed E-state index contributed by atoms with van der Waals surface area (Å²) in [6.45, 7) is 4.38. The average molecular weight is 457 g/mol. The Hall–Kier alpha value is -2.21. The quantitative estimate of drug-likeness (QED) is 0.540. The maximum Gasteiger partial charge on any atom is 0.123 e. The number of methoxy groups -OCH3 is 1. The van der Waals surface area contributed by atoms with Crippen LogP contribution in [0.15, 0.2) is 48.5 Å². The second-order valence-electron chi connectivity index (χ2n) is 8.95. The van der Waals surface area contributed by atoms with E-state index in [0.29, 0.717) is 17.2 Å². The van der Waals surface area contributed by atoms with Gasteiger partial charge in [-0.25, -0.2) is 9.37 Å². The summed E-state index contributed by atoms with van der Waals surface area (Å²) in [6, 6.07) is 14.2. The van der Waals surface area contributed by atoms with Gasteiger partial charge >= 0.3 is 0 Å². The molecule has 6 heteroatoms. The first-order valence-electron chi connectivity index (χ1n) is 11.2. The third kappa shape index (κ3) is 4.09. The highest BCUT2D eigenvalue weighted by Gasteiger charge is 2.42. The van der Waals surface area contributed by atoms with Crippen LogP contribution in [0.5, 0.6) is 5.75 Å². The second-order valence-corrected chi connectivity index (χ2v) is 8.95. The number of rotatable bonds is 5. The highest BCUT2D eigenvalue weighted by Crippen LogP contribution is 2.43. The van der Waals surface area contributed by atoms with Crippen molar-refractivity contribution in [2.75, 3.05) is 20.2 Å². The molecule has 1 N–H and O–H groups in total. The first-order valence-corrected chi connectivity index (χ1v) is 11.2. The van der Waals surface area contributed by atoms with E-state index in [1.54, 1.807) is 13.2 Å². The molecule has 32 heavy (non-hydrogen) atoms. The monoisotopic (exact) mass is 456 g/mol. The van der Waals surface area contributed by atoms with E-state index in [1.165, 1.54) is 25.0 Å². The van der Waals surface area contributed by atoms with Crippen LogP contribution in [0.25, 0.3) is 22.2 Å². The van der Waals surface area contributed by atoms with Crippen molar-refractivity contribution in [3.8, 4) is 17.0 Å². The van der Waals surface area contributed by atoms with Crippen LogP contribution in [0.2, 0.25) is 0 Å². The number of aliphatic hydroxyl groups is 1. The number of ether oxygens (including phenoxy) is 1. The van der Waals surface area contributed by atoms with Gasteiger partial charge in [-0.05, 0) is 73.2 Å². The molecule has 1 unspecified atom stereocenters. The molecule has 4 nitrogen and oxygen atoms in total. The molecule has 0 aliphatic carbocycles. The number of hydrogen-bond acceptors (Lipinski definition) is 4. The molecule has 3 aliphatic rings. The molecule has 170 valence electrons. The van der Waals surface area contributed by atoms with Crippen molar-refractivity contribution in [1.29, 1.82) is 0 Å². The molecule has 0 radical (unpaired) electrons. The van der Waals surface area contributed by atoms with Crippen molar-refractivity contribution in [2.24, 2.45) is 11.8 Å². The highest BCUT2D eigenvalue weighted by atomic mass is 35.5. The van der Waals surface area contributed by atoms with Crippen molar-refractivity contribution in [2.45, 2.75) is 38.3 Å². The Labute approximate surface area is 194 Å². The van der Waals surface area contributed by atoms with E-state index in [4.69, 9.17) is 9.72 Å². The Bertz CT molecular complexity index is 1110. The van der Waals surface area contributed by atoms with Gasteiger partial charge in [-0.2, -0.15) is 0 Å². The summed E-state index contributed by atoms with van der Waals surface area (Å²) in [6.07, 6.45) is 2.80. The van der Waals surface area contributed by atoms with Gasteiger partial charge in [0.2, 0.25) is 0 Å². The van der Waals surface area contributed by atoms with Crippen LogP contribution in [0, 0.1) is 17.7 Å². The zero-order valence-corrected chi connectivity index (χ0v) is 19.3. The van der Waals surface area contributed by atoms with Crippen LogP contribution >= 0.6 is 12.4 Å². The van der Waals surface area contributed by atoms with Crippen LogP contribution < -0.4 is 4.74 Å². The molecule has 4 heterocycles. The standard InChI is InChI=1S/C26H29FN2O2.ClH/c1-3-16-15-29-10-9-17(16)12-25(29)26(30)22-14-24(18-5-4-6-19(27)11-18)28-23-8-7-20(31-2)13-21(22)23;/h4-8,11,13-14,16-17,25-26,30H,3,9-10,12,15H2,1-2H3;1H/t16-,17+,25-,26+;/m0./s1. The number of pyridine rings is 1. The molecule has 5 atom stereocenters. The van der Waals surface area contributed by atoms with Gasteiger partial charge in [-0.1, -0.05) is 25.5 Å². The Morgan fingerprint density at radius 1 is 1.22 bits per heavy atom. The molecule has 1 aromatic heterocycles. The third-order valence-electron chi connectivity index (χ3n) is 7.31. The van der Waals surface area contributed by atoms with Crippen molar-refractivity contribution < 1.29 is 14.2 Å². The minimum absolute atomic E-state index is 0.